The average molecular weight is 296 g/mol. The number of rotatable bonds is 6. The van der Waals surface area contributed by atoms with E-state index in [1.54, 1.807) is 17.8 Å². The van der Waals surface area contributed by atoms with Crippen LogP contribution in [0.4, 0.5) is 5.13 Å². The fourth-order valence-corrected chi connectivity index (χ4v) is 2.66. The summed E-state index contributed by atoms with van der Waals surface area (Å²) in [6.07, 6.45) is 3.54. The Morgan fingerprint density at radius 2 is 2.16 bits per heavy atom. The normalized spacial score (nSPS) is 10.4. The van der Waals surface area contributed by atoms with Gasteiger partial charge in [-0.25, -0.2) is 4.98 Å². The molecule has 0 saturated heterocycles. The van der Waals surface area contributed by atoms with Crippen LogP contribution >= 0.6 is 22.9 Å². The third-order valence-electron chi connectivity index (χ3n) is 2.67. The largest absolute Gasteiger partial charge is 0.344 e. The number of Topliss-reactive ketones (excluding diaryl/α,β-unsaturated/α-hetero) is 1. The molecule has 0 radical (unpaired) electrons. The summed E-state index contributed by atoms with van der Waals surface area (Å²) in [6.45, 7) is 3.64. The highest BCUT2D eigenvalue weighted by molar-refractivity contribution is 7.13. The predicted molar refractivity (Wildman–Crippen MR) is 78.1 cm³/mol. The van der Waals surface area contributed by atoms with Crippen LogP contribution in [0.5, 0.6) is 0 Å². The quantitative estimate of drug-likeness (QED) is 0.607. The van der Waals surface area contributed by atoms with Crippen molar-refractivity contribution in [3.8, 4) is 0 Å². The van der Waals surface area contributed by atoms with E-state index in [9.17, 15) is 4.79 Å². The molecule has 19 heavy (non-hydrogen) atoms. The van der Waals surface area contributed by atoms with Gasteiger partial charge in [0.15, 0.2) is 10.9 Å². The molecule has 100 valence electrons. The van der Waals surface area contributed by atoms with Gasteiger partial charge < -0.3 is 4.90 Å². The number of carbonyl (C=O) groups is 1. The molecule has 2 aromatic rings. The molecule has 4 nitrogen and oxygen atoms in total. The fraction of sp³-hybridized carbons (Fsp3) is 0.308. The summed E-state index contributed by atoms with van der Waals surface area (Å²) >= 11 is 7.00. The number of halogens is 1. The van der Waals surface area contributed by atoms with Crippen molar-refractivity contribution in [2.24, 2.45) is 0 Å². The summed E-state index contributed by atoms with van der Waals surface area (Å²) in [4.78, 5) is 21.9. The first-order valence-corrected chi connectivity index (χ1v) is 7.34. The van der Waals surface area contributed by atoms with E-state index >= 15 is 0 Å². The number of pyridine rings is 1. The maximum atomic E-state index is 11.5. The second-order valence-corrected chi connectivity index (χ2v) is 5.05. The summed E-state index contributed by atoms with van der Waals surface area (Å²) in [5.41, 5.74) is 1.61. The molecule has 0 bridgehead atoms. The Hall–Kier alpha value is -1.46. The van der Waals surface area contributed by atoms with Crippen LogP contribution in [0, 0.1) is 0 Å². The molecule has 0 fully saturated rings. The number of alkyl halides is 1. The van der Waals surface area contributed by atoms with E-state index in [-0.39, 0.29) is 11.7 Å². The van der Waals surface area contributed by atoms with Crippen LogP contribution in [0.1, 0.15) is 23.0 Å². The number of hydrogen-bond donors (Lipinski definition) is 0. The molecule has 0 aliphatic rings. The average Bonchev–Trinajstić information content (AvgIpc) is 2.94. The van der Waals surface area contributed by atoms with E-state index in [0.29, 0.717) is 5.69 Å². The SMILES string of the molecule is CCN(Cc1ccncc1)c1nc(C(=O)CCl)cs1. The van der Waals surface area contributed by atoms with E-state index in [1.165, 1.54) is 11.3 Å². The van der Waals surface area contributed by atoms with Gasteiger partial charge in [0.25, 0.3) is 0 Å². The summed E-state index contributed by atoms with van der Waals surface area (Å²) in [5.74, 6) is -0.163. The highest BCUT2D eigenvalue weighted by atomic mass is 35.5. The van der Waals surface area contributed by atoms with E-state index in [2.05, 4.69) is 21.8 Å². The summed E-state index contributed by atoms with van der Waals surface area (Å²) in [5, 5.41) is 2.60. The molecule has 0 aliphatic carbocycles. The Kier molecular flexibility index (Phi) is 4.87. The molecule has 2 rings (SSSR count). The number of ketones is 1. The van der Waals surface area contributed by atoms with Crippen molar-refractivity contribution >= 4 is 33.9 Å². The van der Waals surface area contributed by atoms with Crippen molar-refractivity contribution in [2.45, 2.75) is 13.5 Å². The Morgan fingerprint density at radius 1 is 1.42 bits per heavy atom. The lowest BCUT2D eigenvalue weighted by molar-refractivity contribution is 0.101. The first-order chi connectivity index (χ1) is 9.24. The molecule has 6 heteroatoms. The van der Waals surface area contributed by atoms with Crippen molar-refractivity contribution in [3.63, 3.8) is 0 Å². The minimum Gasteiger partial charge on any atom is -0.344 e. The van der Waals surface area contributed by atoms with Crippen molar-refractivity contribution in [1.29, 1.82) is 0 Å². The molecular formula is C13H14ClN3OS. The van der Waals surface area contributed by atoms with Gasteiger partial charge in [-0.1, -0.05) is 0 Å². The minimum atomic E-state index is -0.135. The molecule has 2 heterocycles. The molecular weight excluding hydrogens is 282 g/mol. The Morgan fingerprint density at radius 3 is 2.79 bits per heavy atom. The third-order valence-corrected chi connectivity index (χ3v) is 3.82. The van der Waals surface area contributed by atoms with Crippen LogP contribution in [0.3, 0.4) is 0 Å². The zero-order valence-electron chi connectivity index (χ0n) is 10.5. The smallest absolute Gasteiger partial charge is 0.196 e. The molecule has 0 amide bonds. The van der Waals surface area contributed by atoms with E-state index in [4.69, 9.17) is 11.6 Å². The number of hydrogen-bond acceptors (Lipinski definition) is 5. The zero-order valence-corrected chi connectivity index (χ0v) is 12.1. The van der Waals surface area contributed by atoms with Gasteiger partial charge in [-0.05, 0) is 24.6 Å². The molecule has 0 aliphatic heterocycles. The Labute approximate surface area is 121 Å². The minimum absolute atomic E-state index is 0.0281. The van der Waals surface area contributed by atoms with Crippen molar-refractivity contribution in [3.05, 3.63) is 41.2 Å². The van der Waals surface area contributed by atoms with Gasteiger partial charge in [-0.15, -0.1) is 22.9 Å². The van der Waals surface area contributed by atoms with Gasteiger partial charge in [0, 0.05) is 30.9 Å². The molecule has 0 unspecified atom stereocenters. The highest BCUT2D eigenvalue weighted by Gasteiger charge is 2.13. The maximum absolute atomic E-state index is 11.5. The Balaban J connectivity index is 2.13. The van der Waals surface area contributed by atoms with Crippen LogP contribution in [-0.2, 0) is 6.54 Å². The van der Waals surface area contributed by atoms with E-state index in [1.807, 2.05) is 12.1 Å². The fourth-order valence-electron chi connectivity index (χ4n) is 1.63. The molecule has 0 aromatic carbocycles. The van der Waals surface area contributed by atoms with Gasteiger partial charge in [0.1, 0.15) is 5.69 Å². The molecule has 0 spiro atoms. The number of anilines is 1. The first-order valence-electron chi connectivity index (χ1n) is 5.93. The second kappa shape index (κ2) is 6.63. The molecule has 0 N–H and O–H groups in total. The summed E-state index contributed by atoms with van der Waals surface area (Å²) in [7, 11) is 0. The molecule has 2 aromatic heterocycles. The number of carbonyl (C=O) groups excluding carboxylic acids is 1. The van der Waals surface area contributed by atoms with Crippen molar-refractivity contribution in [2.75, 3.05) is 17.3 Å². The van der Waals surface area contributed by atoms with Crippen molar-refractivity contribution in [1.82, 2.24) is 9.97 Å². The Bertz CT molecular complexity index is 544. The van der Waals surface area contributed by atoms with Gasteiger partial charge in [-0.3, -0.25) is 9.78 Å². The van der Waals surface area contributed by atoms with Crippen LogP contribution < -0.4 is 4.90 Å². The zero-order chi connectivity index (χ0) is 13.7. The first kappa shape index (κ1) is 14.0. The third kappa shape index (κ3) is 3.52. The molecule has 0 saturated carbocycles. The summed E-state index contributed by atoms with van der Waals surface area (Å²) in [6, 6.07) is 3.95. The lowest BCUT2D eigenvalue weighted by Crippen LogP contribution is -2.22. The van der Waals surface area contributed by atoms with Crippen LogP contribution in [0.15, 0.2) is 29.9 Å². The number of aromatic nitrogens is 2. The van der Waals surface area contributed by atoms with Crippen LogP contribution in [0.25, 0.3) is 0 Å². The van der Waals surface area contributed by atoms with E-state index in [0.717, 1.165) is 23.8 Å². The topological polar surface area (TPSA) is 46.1 Å². The van der Waals surface area contributed by atoms with Gasteiger partial charge >= 0.3 is 0 Å². The second-order valence-electron chi connectivity index (χ2n) is 3.94. The highest BCUT2D eigenvalue weighted by Crippen LogP contribution is 2.22. The molecule has 0 atom stereocenters. The summed E-state index contributed by atoms with van der Waals surface area (Å²) < 4.78 is 0. The maximum Gasteiger partial charge on any atom is 0.196 e. The standard InChI is InChI=1S/C13H14ClN3OS/c1-2-17(8-10-3-5-15-6-4-10)13-16-11(9-19-13)12(18)7-14/h3-6,9H,2,7-8H2,1H3. The lowest BCUT2D eigenvalue weighted by atomic mass is 10.2. The van der Waals surface area contributed by atoms with Crippen LogP contribution in [0.2, 0.25) is 0 Å². The predicted octanol–water partition coefficient (Wildman–Crippen LogP) is 2.99. The van der Waals surface area contributed by atoms with Gasteiger partial charge in [-0.2, -0.15) is 0 Å². The van der Waals surface area contributed by atoms with E-state index < -0.39 is 0 Å². The number of thiazole rings is 1. The van der Waals surface area contributed by atoms with Gasteiger partial charge in [0.05, 0.1) is 5.88 Å². The number of nitrogens with zero attached hydrogens (tertiary/aromatic N) is 3. The lowest BCUT2D eigenvalue weighted by Gasteiger charge is -2.19. The van der Waals surface area contributed by atoms with Crippen molar-refractivity contribution < 1.29 is 4.79 Å². The monoisotopic (exact) mass is 295 g/mol. The van der Waals surface area contributed by atoms with Gasteiger partial charge in [0.2, 0.25) is 0 Å². The van der Waals surface area contributed by atoms with Crippen LogP contribution in [-0.4, -0.2) is 28.2 Å².